The Morgan fingerprint density at radius 1 is 1.54 bits per heavy atom. The Balaban J connectivity index is 2.08. The molecule has 2 rings (SSSR count). The van der Waals surface area contributed by atoms with Crippen LogP contribution < -0.4 is 0 Å². The monoisotopic (exact) mass is 184 g/mol. The van der Waals surface area contributed by atoms with E-state index in [9.17, 15) is 0 Å². The molecule has 0 aromatic carbocycles. The summed E-state index contributed by atoms with van der Waals surface area (Å²) >= 11 is 0. The van der Waals surface area contributed by atoms with Gasteiger partial charge in [0.05, 0.1) is 13.2 Å². The molecule has 72 valence electrons. The topological polar surface area (TPSA) is 36.9 Å². The van der Waals surface area contributed by atoms with E-state index in [2.05, 4.69) is 0 Å². The SMILES string of the molecule is [B]C1O[C@]2(COC)CO[C@@H]2[C@@H]1OC. The second-order valence-electron chi connectivity index (χ2n) is 3.51. The quantitative estimate of drug-likeness (QED) is 0.544. The molecule has 0 aliphatic carbocycles. The van der Waals surface area contributed by atoms with Crippen molar-refractivity contribution >= 4 is 7.85 Å². The fraction of sp³-hybridized carbons (Fsp3) is 1.00. The lowest BCUT2D eigenvalue weighted by atomic mass is 9.86. The number of ether oxygens (including phenoxy) is 4. The summed E-state index contributed by atoms with van der Waals surface area (Å²) in [7, 11) is 8.99. The van der Waals surface area contributed by atoms with Crippen molar-refractivity contribution in [2.45, 2.75) is 23.8 Å². The standard InChI is InChI=1S/C8H13BO4/c1-10-3-8-4-12-6(8)5(11-2)7(9)13-8/h5-7H,3-4H2,1-2H3/t5-,6+,7?,8+/m0/s1. The molecule has 1 unspecified atom stereocenters. The van der Waals surface area contributed by atoms with Gasteiger partial charge in [-0.25, -0.2) is 0 Å². The Morgan fingerprint density at radius 2 is 2.31 bits per heavy atom. The third kappa shape index (κ3) is 1.22. The Bertz CT molecular complexity index is 201. The summed E-state index contributed by atoms with van der Waals surface area (Å²) in [5.74, 6) is 0. The van der Waals surface area contributed by atoms with Crippen LogP contribution in [0.2, 0.25) is 0 Å². The minimum absolute atomic E-state index is 0.0764. The second kappa shape index (κ2) is 3.24. The lowest BCUT2D eigenvalue weighted by molar-refractivity contribution is -0.244. The Labute approximate surface area is 78.9 Å². The molecule has 2 saturated heterocycles. The molecule has 2 aliphatic rings. The van der Waals surface area contributed by atoms with Gasteiger partial charge in [-0.15, -0.1) is 0 Å². The highest BCUT2D eigenvalue weighted by Gasteiger charge is 2.61. The van der Waals surface area contributed by atoms with E-state index in [1.54, 1.807) is 14.2 Å². The molecule has 5 heteroatoms. The zero-order valence-corrected chi connectivity index (χ0v) is 7.86. The summed E-state index contributed by atoms with van der Waals surface area (Å²) in [6, 6.07) is -0.410. The van der Waals surface area contributed by atoms with E-state index in [0.29, 0.717) is 13.2 Å². The Morgan fingerprint density at radius 3 is 2.77 bits per heavy atom. The Kier molecular flexibility index (Phi) is 2.36. The lowest BCUT2D eigenvalue weighted by Crippen LogP contribution is -2.61. The first kappa shape index (κ1) is 9.46. The van der Waals surface area contributed by atoms with Gasteiger partial charge >= 0.3 is 0 Å². The molecule has 4 nitrogen and oxygen atoms in total. The first-order valence-corrected chi connectivity index (χ1v) is 4.30. The minimum Gasteiger partial charge on any atom is -0.381 e. The molecular weight excluding hydrogens is 171 g/mol. The van der Waals surface area contributed by atoms with Gasteiger partial charge in [-0.3, -0.25) is 0 Å². The molecular formula is C8H13BO4. The number of hydrogen-bond donors (Lipinski definition) is 0. The first-order chi connectivity index (χ1) is 6.23. The van der Waals surface area contributed by atoms with E-state index in [0.717, 1.165) is 0 Å². The van der Waals surface area contributed by atoms with Crippen molar-refractivity contribution < 1.29 is 18.9 Å². The van der Waals surface area contributed by atoms with E-state index in [1.807, 2.05) is 0 Å². The minimum atomic E-state index is -0.410. The van der Waals surface area contributed by atoms with Gasteiger partial charge in [0.2, 0.25) is 0 Å². The summed E-state index contributed by atoms with van der Waals surface area (Å²) in [5, 5.41) is 0. The van der Waals surface area contributed by atoms with Crippen LogP contribution in [0.3, 0.4) is 0 Å². The van der Waals surface area contributed by atoms with Gasteiger partial charge in [0.15, 0.2) is 0 Å². The molecule has 2 aliphatic heterocycles. The number of rotatable bonds is 3. The maximum absolute atomic E-state index is 5.74. The van der Waals surface area contributed by atoms with Gasteiger partial charge < -0.3 is 18.9 Å². The smallest absolute Gasteiger partial charge is 0.143 e. The fourth-order valence-corrected chi connectivity index (χ4v) is 2.03. The van der Waals surface area contributed by atoms with Gasteiger partial charge in [0.25, 0.3) is 0 Å². The van der Waals surface area contributed by atoms with Gasteiger partial charge in [0.1, 0.15) is 25.7 Å². The van der Waals surface area contributed by atoms with Crippen LogP contribution in [0.25, 0.3) is 0 Å². The van der Waals surface area contributed by atoms with Crippen LogP contribution in [-0.2, 0) is 18.9 Å². The van der Waals surface area contributed by atoms with Crippen molar-refractivity contribution in [3.05, 3.63) is 0 Å². The fourth-order valence-electron chi connectivity index (χ4n) is 2.03. The molecule has 0 bridgehead atoms. The van der Waals surface area contributed by atoms with Gasteiger partial charge in [0, 0.05) is 20.2 Å². The van der Waals surface area contributed by atoms with Crippen molar-refractivity contribution in [2.75, 3.05) is 27.4 Å². The molecule has 4 atom stereocenters. The molecule has 0 aromatic rings. The Hall–Kier alpha value is -0.0951. The van der Waals surface area contributed by atoms with Crippen LogP contribution in [-0.4, -0.2) is 59.1 Å². The number of hydrogen-bond acceptors (Lipinski definition) is 4. The van der Waals surface area contributed by atoms with Crippen LogP contribution in [0.15, 0.2) is 0 Å². The van der Waals surface area contributed by atoms with Crippen LogP contribution in [0.5, 0.6) is 0 Å². The first-order valence-electron chi connectivity index (χ1n) is 4.30. The molecule has 2 radical (unpaired) electrons. The second-order valence-corrected chi connectivity index (χ2v) is 3.51. The van der Waals surface area contributed by atoms with E-state index in [-0.39, 0.29) is 17.8 Å². The normalized spacial score (nSPS) is 48.6. The maximum atomic E-state index is 5.74. The van der Waals surface area contributed by atoms with Crippen molar-refractivity contribution in [1.29, 1.82) is 0 Å². The summed E-state index contributed by atoms with van der Waals surface area (Å²) in [4.78, 5) is 0. The van der Waals surface area contributed by atoms with Crippen LogP contribution >= 0.6 is 0 Å². The van der Waals surface area contributed by atoms with Gasteiger partial charge in [-0.05, 0) is 0 Å². The summed E-state index contributed by atoms with van der Waals surface area (Å²) < 4.78 is 21.2. The molecule has 2 heterocycles. The van der Waals surface area contributed by atoms with Gasteiger partial charge in [-0.2, -0.15) is 0 Å². The third-order valence-corrected chi connectivity index (χ3v) is 2.68. The average molecular weight is 184 g/mol. The third-order valence-electron chi connectivity index (χ3n) is 2.68. The van der Waals surface area contributed by atoms with E-state index < -0.39 is 6.00 Å². The molecule has 0 amide bonds. The predicted octanol–water partition coefficient (Wildman–Crippen LogP) is -0.690. The van der Waals surface area contributed by atoms with Crippen LogP contribution in [0, 0.1) is 0 Å². The number of fused-ring (bicyclic) bond motifs is 1. The van der Waals surface area contributed by atoms with E-state index in [1.165, 1.54) is 0 Å². The van der Waals surface area contributed by atoms with Gasteiger partial charge in [-0.1, -0.05) is 0 Å². The van der Waals surface area contributed by atoms with Crippen molar-refractivity contribution in [3.63, 3.8) is 0 Å². The summed E-state index contributed by atoms with van der Waals surface area (Å²) in [6.07, 6.45) is -0.253. The summed E-state index contributed by atoms with van der Waals surface area (Å²) in [5.41, 5.74) is -0.366. The highest BCUT2D eigenvalue weighted by atomic mass is 16.7. The molecule has 0 N–H and O–H groups in total. The highest BCUT2D eigenvalue weighted by Crippen LogP contribution is 2.41. The highest BCUT2D eigenvalue weighted by molar-refractivity contribution is 6.11. The van der Waals surface area contributed by atoms with Crippen molar-refractivity contribution in [3.8, 4) is 0 Å². The molecule has 0 aromatic heterocycles. The number of methoxy groups -OCH3 is 2. The molecule has 0 saturated carbocycles. The van der Waals surface area contributed by atoms with Crippen LogP contribution in [0.4, 0.5) is 0 Å². The summed E-state index contributed by atoms with van der Waals surface area (Å²) in [6.45, 7) is 1.05. The van der Waals surface area contributed by atoms with Crippen molar-refractivity contribution in [2.24, 2.45) is 0 Å². The predicted molar refractivity (Wildman–Crippen MR) is 45.8 cm³/mol. The average Bonchev–Trinajstić information content (AvgIpc) is 2.26. The molecule has 2 fully saturated rings. The van der Waals surface area contributed by atoms with Crippen molar-refractivity contribution in [1.82, 2.24) is 0 Å². The van der Waals surface area contributed by atoms with Crippen LogP contribution in [0.1, 0.15) is 0 Å². The maximum Gasteiger partial charge on any atom is 0.143 e. The molecule has 13 heavy (non-hydrogen) atoms. The zero-order chi connectivity index (χ0) is 9.47. The molecule has 0 spiro atoms. The zero-order valence-electron chi connectivity index (χ0n) is 7.86. The largest absolute Gasteiger partial charge is 0.381 e. The van der Waals surface area contributed by atoms with E-state index >= 15 is 0 Å². The lowest BCUT2D eigenvalue weighted by Gasteiger charge is -2.43. The van der Waals surface area contributed by atoms with E-state index in [4.69, 9.17) is 26.8 Å².